The SMILES string of the molecule is CCCCCCCCCCCCCCCCCCCCc1ccnc(-c2cc(CCCCCCCCCCCCCCCCCCCC)ccn2)c1. The summed E-state index contributed by atoms with van der Waals surface area (Å²) < 4.78 is 0. The Hall–Kier alpha value is -1.70. The largest absolute Gasteiger partial charge is 0.255 e. The molecule has 0 N–H and O–H groups in total. The molecule has 0 spiro atoms. The molecule has 2 rings (SSSR count). The van der Waals surface area contributed by atoms with Crippen LogP contribution < -0.4 is 0 Å². The van der Waals surface area contributed by atoms with Gasteiger partial charge in [0.05, 0.1) is 11.4 Å². The van der Waals surface area contributed by atoms with Crippen molar-refractivity contribution in [3.63, 3.8) is 0 Å². The first-order chi connectivity index (χ1) is 25.8. The summed E-state index contributed by atoms with van der Waals surface area (Å²) in [6.07, 6.45) is 57.7. The fourth-order valence-electron chi connectivity index (χ4n) is 8.00. The van der Waals surface area contributed by atoms with Crippen molar-refractivity contribution in [2.24, 2.45) is 0 Å². The van der Waals surface area contributed by atoms with Crippen molar-refractivity contribution in [1.82, 2.24) is 9.97 Å². The minimum Gasteiger partial charge on any atom is -0.255 e. The molecule has 0 radical (unpaired) electrons. The van der Waals surface area contributed by atoms with Crippen molar-refractivity contribution in [3.8, 4) is 11.4 Å². The highest BCUT2D eigenvalue weighted by Crippen LogP contribution is 2.21. The van der Waals surface area contributed by atoms with Crippen molar-refractivity contribution in [3.05, 3.63) is 47.8 Å². The smallest absolute Gasteiger partial charge is 0.0888 e. The molecule has 0 unspecified atom stereocenters. The van der Waals surface area contributed by atoms with Crippen molar-refractivity contribution in [2.75, 3.05) is 0 Å². The molecular formula is C50H88N2. The van der Waals surface area contributed by atoms with Crippen LogP contribution in [0.2, 0.25) is 0 Å². The molecule has 0 saturated carbocycles. The van der Waals surface area contributed by atoms with E-state index in [2.05, 4.69) is 38.1 Å². The van der Waals surface area contributed by atoms with Crippen molar-refractivity contribution < 1.29 is 0 Å². The standard InChI is InChI=1S/C50H88N2/c1-3-5-7-9-11-13-15-17-19-21-23-25-27-29-31-33-35-37-39-47-41-43-51-49(45-47)50-46-48(42-44-52-50)40-38-36-34-32-30-28-26-24-22-20-18-16-14-12-10-8-6-4-2/h41-46H,3-40H2,1-2H3. The molecule has 298 valence electrons. The molecule has 0 fully saturated rings. The van der Waals surface area contributed by atoms with E-state index < -0.39 is 0 Å². The van der Waals surface area contributed by atoms with Gasteiger partial charge >= 0.3 is 0 Å². The molecule has 2 aromatic heterocycles. The van der Waals surface area contributed by atoms with E-state index in [1.807, 2.05) is 12.4 Å². The van der Waals surface area contributed by atoms with E-state index in [0.29, 0.717) is 0 Å². The van der Waals surface area contributed by atoms with E-state index in [9.17, 15) is 0 Å². The number of hydrogen-bond acceptors (Lipinski definition) is 2. The molecule has 0 amide bonds. The Morgan fingerprint density at radius 2 is 0.500 bits per heavy atom. The van der Waals surface area contributed by atoms with Gasteiger partial charge in [0, 0.05) is 12.4 Å². The number of unbranched alkanes of at least 4 members (excludes halogenated alkanes) is 34. The average molecular weight is 717 g/mol. The van der Waals surface area contributed by atoms with Crippen LogP contribution in [0.25, 0.3) is 11.4 Å². The molecular weight excluding hydrogens is 629 g/mol. The fraction of sp³-hybridized carbons (Fsp3) is 0.800. The molecule has 0 saturated heterocycles. The molecule has 2 heterocycles. The summed E-state index contributed by atoms with van der Waals surface area (Å²) in [5.74, 6) is 0. The predicted octanol–water partition coefficient (Wildman–Crippen LogP) is 17.3. The Morgan fingerprint density at radius 3 is 0.731 bits per heavy atom. The second-order valence-electron chi connectivity index (χ2n) is 16.6. The minimum atomic E-state index is 1.04. The van der Waals surface area contributed by atoms with E-state index in [-0.39, 0.29) is 0 Å². The van der Waals surface area contributed by atoms with Crippen molar-refractivity contribution in [1.29, 1.82) is 0 Å². The van der Waals surface area contributed by atoms with Gasteiger partial charge in [-0.15, -0.1) is 0 Å². The average Bonchev–Trinajstić information content (AvgIpc) is 3.17. The van der Waals surface area contributed by atoms with Gasteiger partial charge in [0.25, 0.3) is 0 Å². The summed E-state index contributed by atoms with van der Waals surface area (Å²) >= 11 is 0. The highest BCUT2D eigenvalue weighted by molar-refractivity contribution is 5.55. The lowest BCUT2D eigenvalue weighted by Crippen LogP contribution is -1.94. The lowest BCUT2D eigenvalue weighted by Gasteiger charge is -2.07. The summed E-state index contributed by atoms with van der Waals surface area (Å²) in [6.45, 7) is 4.61. The zero-order valence-corrected chi connectivity index (χ0v) is 35.2. The van der Waals surface area contributed by atoms with Gasteiger partial charge in [-0.25, -0.2) is 0 Å². The van der Waals surface area contributed by atoms with E-state index in [1.165, 1.54) is 242 Å². The normalized spacial score (nSPS) is 11.5. The van der Waals surface area contributed by atoms with Gasteiger partial charge in [-0.1, -0.05) is 232 Å². The Labute approximate surface area is 326 Å². The molecule has 0 aliphatic carbocycles. The first-order valence-electron chi connectivity index (χ1n) is 23.7. The lowest BCUT2D eigenvalue weighted by molar-refractivity contribution is 0.525. The Balaban J connectivity index is 1.41. The van der Waals surface area contributed by atoms with Crippen LogP contribution in [0.3, 0.4) is 0 Å². The maximum atomic E-state index is 4.70. The molecule has 2 aromatic rings. The molecule has 2 nitrogen and oxygen atoms in total. The zero-order chi connectivity index (χ0) is 36.8. The summed E-state index contributed by atoms with van der Waals surface area (Å²) in [7, 11) is 0. The van der Waals surface area contributed by atoms with E-state index in [0.717, 1.165) is 24.2 Å². The highest BCUT2D eigenvalue weighted by atomic mass is 14.8. The van der Waals surface area contributed by atoms with Gasteiger partial charge in [0.2, 0.25) is 0 Å². The maximum Gasteiger partial charge on any atom is 0.0888 e. The summed E-state index contributed by atoms with van der Waals surface area (Å²) in [5, 5.41) is 0. The molecule has 0 aliphatic rings. The maximum absolute atomic E-state index is 4.70. The fourth-order valence-corrected chi connectivity index (χ4v) is 8.00. The van der Waals surface area contributed by atoms with Crippen molar-refractivity contribution in [2.45, 2.75) is 258 Å². The third-order valence-corrected chi connectivity index (χ3v) is 11.5. The van der Waals surface area contributed by atoms with Gasteiger partial charge in [-0.05, 0) is 61.1 Å². The topological polar surface area (TPSA) is 25.8 Å². The summed E-state index contributed by atoms with van der Waals surface area (Å²) in [4.78, 5) is 9.41. The van der Waals surface area contributed by atoms with Gasteiger partial charge in [-0.2, -0.15) is 0 Å². The molecule has 52 heavy (non-hydrogen) atoms. The number of aromatic nitrogens is 2. The summed E-state index contributed by atoms with van der Waals surface area (Å²) in [6, 6.07) is 8.99. The summed E-state index contributed by atoms with van der Waals surface area (Å²) in [5.41, 5.74) is 4.91. The third-order valence-electron chi connectivity index (χ3n) is 11.5. The number of hydrogen-bond donors (Lipinski definition) is 0. The monoisotopic (exact) mass is 717 g/mol. The van der Waals surface area contributed by atoms with E-state index in [4.69, 9.17) is 9.97 Å². The molecule has 2 heteroatoms. The molecule has 0 atom stereocenters. The second-order valence-corrected chi connectivity index (χ2v) is 16.6. The van der Waals surface area contributed by atoms with Gasteiger partial charge in [-0.3, -0.25) is 9.97 Å². The first kappa shape index (κ1) is 46.5. The minimum absolute atomic E-state index is 1.04. The predicted molar refractivity (Wildman–Crippen MR) is 232 cm³/mol. The van der Waals surface area contributed by atoms with Crippen LogP contribution in [-0.4, -0.2) is 9.97 Å². The molecule has 0 aliphatic heterocycles. The van der Waals surface area contributed by atoms with Crippen LogP contribution in [0.1, 0.15) is 256 Å². The zero-order valence-electron chi connectivity index (χ0n) is 35.2. The van der Waals surface area contributed by atoms with Crippen LogP contribution in [0, 0.1) is 0 Å². The number of aryl methyl sites for hydroxylation is 2. The van der Waals surface area contributed by atoms with E-state index in [1.54, 1.807) is 0 Å². The number of nitrogens with zero attached hydrogens (tertiary/aromatic N) is 2. The van der Waals surface area contributed by atoms with Crippen LogP contribution in [0.5, 0.6) is 0 Å². The van der Waals surface area contributed by atoms with Crippen LogP contribution in [0.15, 0.2) is 36.7 Å². The van der Waals surface area contributed by atoms with Crippen LogP contribution >= 0.6 is 0 Å². The molecule has 0 aromatic carbocycles. The van der Waals surface area contributed by atoms with Gasteiger partial charge in [0.15, 0.2) is 0 Å². The van der Waals surface area contributed by atoms with E-state index >= 15 is 0 Å². The number of pyridine rings is 2. The Morgan fingerprint density at radius 1 is 0.288 bits per heavy atom. The molecule has 0 bridgehead atoms. The van der Waals surface area contributed by atoms with Crippen molar-refractivity contribution >= 4 is 0 Å². The lowest BCUT2D eigenvalue weighted by atomic mass is 10.0. The Bertz CT molecular complexity index is 933. The second kappa shape index (κ2) is 36.3. The number of rotatable bonds is 39. The van der Waals surface area contributed by atoms with Crippen LogP contribution in [-0.2, 0) is 12.8 Å². The third kappa shape index (κ3) is 27.8. The first-order valence-corrected chi connectivity index (χ1v) is 23.7. The quantitative estimate of drug-likeness (QED) is 0.0644. The highest BCUT2D eigenvalue weighted by Gasteiger charge is 2.05. The van der Waals surface area contributed by atoms with Crippen LogP contribution in [0.4, 0.5) is 0 Å². The van der Waals surface area contributed by atoms with Gasteiger partial charge in [0.1, 0.15) is 0 Å². The van der Waals surface area contributed by atoms with Gasteiger partial charge < -0.3 is 0 Å². The Kier molecular flexibility index (Phi) is 32.4.